The van der Waals surface area contributed by atoms with Crippen molar-refractivity contribution in [3.63, 3.8) is 0 Å². The normalized spacial score (nSPS) is 19.5. The van der Waals surface area contributed by atoms with Crippen LogP contribution in [-0.4, -0.2) is 33.7 Å². The molecular weight excluding hydrogens is 455 g/mol. The summed E-state index contributed by atoms with van der Waals surface area (Å²) in [5, 5.41) is 3.67. The van der Waals surface area contributed by atoms with Gasteiger partial charge < -0.3 is 10.1 Å². The van der Waals surface area contributed by atoms with E-state index in [9.17, 15) is 17.6 Å². The smallest absolute Gasteiger partial charge is 0.271 e. The Morgan fingerprint density at radius 2 is 1.94 bits per heavy atom. The zero-order chi connectivity index (χ0) is 23.3. The molecule has 0 aromatic heterocycles. The quantitative estimate of drug-likeness (QED) is 0.560. The summed E-state index contributed by atoms with van der Waals surface area (Å²) in [5.74, 6) is 0.407. The lowest BCUT2D eigenvalue weighted by Gasteiger charge is -2.18. The van der Waals surface area contributed by atoms with Gasteiger partial charge in [0.05, 0.1) is 11.3 Å². The number of hydrogen-bond donors (Lipinski definition) is 2. The maximum absolute atomic E-state index is 13.4. The molecule has 1 fully saturated rings. The number of carbonyl (C=O) groups is 1. The van der Waals surface area contributed by atoms with Gasteiger partial charge in [0.2, 0.25) is 10.0 Å². The SMILES string of the molecule is C[C@@H](NCC1CC[C@@H](c2ccc(OCC(=O)NS(C)(=O)=O)cc2)C1)c1ccc(F)c(Cl)c1. The zero-order valence-electron chi connectivity index (χ0n) is 18.1. The lowest BCUT2D eigenvalue weighted by atomic mass is 9.96. The van der Waals surface area contributed by atoms with Gasteiger partial charge in [-0.1, -0.05) is 29.8 Å². The van der Waals surface area contributed by atoms with Gasteiger partial charge in [0.15, 0.2) is 6.61 Å². The minimum absolute atomic E-state index is 0.0866. The third kappa shape index (κ3) is 7.18. The van der Waals surface area contributed by atoms with Gasteiger partial charge in [0.25, 0.3) is 5.91 Å². The second kappa shape index (κ2) is 10.6. The van der Waals surface area contributed by atoms with Crippen LogP contribution in [0.15, 0.2) is 42.5 Å². The number of hydrogen-bond acceptors (Lipinski definition) is 5. The van der Waals surface area contributed by atoms with E-state index in [0.29, 0.717) is 17.6 Å². The molecule has 6 nitrogen and oxygen atoms in total. The molecule has 1 amide bonds. The van der Waals surface area contributed by atoms with Crippen LogP contribution in [0.2, 0.25) is 5.02 Å². The molecule has 0 saturated heterocycles. The van der Waals surface area contributed by atoms with Gasteiger partial charge in [-0.05, 0) is 80.0 Å². The maximum Gasteiger partial charge on any atom is 0.271 e. The van der Waals surface area contributed by atoms with E-state index in [2.05, 4.69) is 5.32 Å². The Bertz CT molecular complexity index is 1050. The van der Waals surface area contributed by atoms with Crippen molar-refractivity contribution in [1.82, 2.24) is 10.0 Å². The third-order valence-electron chi connectivity index (χ3n) is 5.72. The number of ether oxygens (including phenoxy) is 1. The molecule has 3 rings (SSSR count). The van der Waals surface area contributed by atoms with E-state index >= 15 is 0 Å². The van der Waals surface area contributed by atoms with Gasteiger partial charge in [0.1, 0.15) is 11.6 Å². The summed E-state index contributed by atoms with van der Waals surface area (Å²) < 4.78 is 42.7. The zero-order valence-corrected chi connectivity index (χ0v) is 19.7. The first-order chi connectivity index (χ1) is 15.1. The van der Waals surface area contributed by atoms with Gasteiger partial charge in [-0.2, -0.15) is 0 Å². The number of amides is 1. The van der Waals surface area contributed by atoms with Crippen molar-refractivity contribution in [2.75, 3.05) is 19.4 Å². The molecule has 2 aromatic rings. The molecule has 2 N–H and O–H groups in total. The van der Waals surface area contributed by atoms with Crippen molar-refractivity contribution < 1.29 is 22.3 Å². The van der Waals surface area contributed by atoms with Crippen molar-refractivity contribution in [3.05, 3.63) is 64.4 Å². The Morgan fingerprint density at radius 1 is 1.22 bits per heavy atom. The fourth-order valence-corrected chi connectivity index (χ4v) is 4.69. The highest BCUT2D eigenvalue weighted by Gasteiger charge is 2.26. The standard InChI is InChI=1S/C23H28ClFN2O4S/c1-15(18-7-10-22(25)21(24)12-18)26-13-16-3-4-19(11-16)17-5-8-20(9-6-17)31-14-23(28)27-32(2,29)30/h5-10,12,15-16,19,26H,3-4,11,13-14H2,1-2H3,(H,27,28)/t15-,16?,19-/m1/s1. The van der Waals surface area contributed by atoms with Gasteiger partial charge >= 0.3 is 0 Å². The van der Waals surface area contributed by atoms with E-state index < -0.39 is 21.7 Å². The molecule has 174 valence electrons. The van der Waals surface area contributed by atoms with Crippen molar-refractivity contribution in [3.8, 4) is 5.75 Å². The Morgan fingerprint density at radius 3 is 2.59 bits per heavy atom. The average molecular weight is 483 g/mol. The summed E-state index contributed by atoms with van der Waals surface area (Å²) in [5.41, 5.74) is 2.19. The minimum Gasteiger partial charge on any atom is -0.484 e. The monoisotopic (exact) mass is 482 g/mol. The molecule has 0 aliphatic heterocycles. The second-order valence-electron chi connectivity index (χ2n) is 8.33. The molecule has 1 saturated carbocycles. The molecule has 0 bridgehead atoms. The molecule has 2 aromatic carbocycles. The molecule has 0 spiro atoms. The molecule has 32 heavy (non-hydrogen) atoms. The van der Waals surface area contributed by atoms with Gasteiger partial charge in [-0.25, -0.2) is 12.8 Å². The molecule has 0 heterocycles. The maximum atomic E-state index is 13.4. The van der Waals surface area contributed by atoms with E-state index in [0.717, 1.165) is 37.6 Å². The van der Waals surface area contributed by atoms with E-state index in [1.54, 1.807) is 24.3 Å². The van der Waals surface area contributed by atoms with Crippen LogP contribution in [0, 0.1) is 11.7 Å². The second-order valence-corrected chi connectivity index (χ2v) is 10.5. The minimum atomic E-state index is -3.59. The molecule has 9 heteroatoms. The number of rotatable bonds is 9. The number of carbonyl (C=O) groups excluding carboxylic acids is 1. The van der Waals surface area contributed by atoms with Crippen LogP contribution in [0.1, 0.15) is 49.3 Å². The van der Waals surface area contributed by atoms with Crippen LogP contribution in [0.4, 0.5) is 4.39 Å². The predicted molar refractivity (Wildman–Crippen MR) is 123 cm³/mol. The molecule has 1 aliphatic rings. The van der Waals surface area contributed by atoms with Crippen LogP contribution < -0.4 is 14.8 Å². The number of nitrogens with one attached hydrogen (secondary N) is 2. The molecule has 1 unspecified atom stereocenters. The Hall–Kier alpha value is -2.16. The van der Waals surface area contributed by atoms with Crippen LogP contribution in [0.3, 0.4) is 0 Å². The van der Waals surface area contributed by atoms with E-state index in [-0.39, 0.29) is 17.7 Å². The largest absolute Gasteiger partial charge is 0.484 e. The fourth-order valence-electron chi connectivity index (χ4n) is 4.03. The Balaban J connectivity index is 1.45. The van der Waals surface area contributed by atoms with Crippen molar-refractivity contribution >= 4 is 27.5 Å². The summed E-state index contributed by atoms with van der Waals surface area (Å²) in [6, 6.07) is 12.5. The predicted octanol–water partition coefficient (Wildman–Crippen LogP) is 4.17. The van der Waals surface area contributed by atoms with Crippen LogP contribution in [0.25, 0.3) is 0 Å². The van der Waals surface area contributed by atoms with E-state index in [1.165, 1.54) is 11.6 Å². The van der Waals surface area contributed by atoms with Gasteiger partial charge in [-0.3, -0.25) is 9.52 Å². The molecule has 0 radical (unpaired) electrons. The lowest BCUT2D eigenvalue weighted by Crippen LogP contribution is -2.33. The summed E-state index contributed by atoms with van der Waals surface area (Å²) in [6.45, 7) is 2.56. The third-order valence-corrected chi connectivity index (χ3v) is 6.61. The first kappa shape index (κ1) is 24.5. The summed E-state index contributed by atoms with van der Waals surface area (Å²) in [7, 11) is -3.59. The Labute approximate surface area is 193 Å². The molecular formula is C23H28ClFN2O4S. The number of benzene rings is 2. The Kier molecular flexibility index (Phi) is 8.14. The first-order valence-electron chi connectivity index (χ1n) is 10.5. The highest BCUT2D eigenvalue weighted by Crippen LogP contribution is 2.38. The topological polar surface area (TPSA) is 84.5 Å². The van der Waals surface area contributed by atoms with Crippen molar-refractivity contribution in [2.45, 2.75) is 38.1 Å². The summed E-state index contributed by atoms with van der Waals surface area (Å²) in [6.07, 6.45) is 4.21. The number of sulfonamides is 1. The van der Waals surface area contributed by atoms with Gasteiger partial charge in [0, 0.05) is 6.04 Å². The fraction of sp³-hybridized carbons (Fsp3) is 0.435. The van der Waals surface area contributed by atoms with Gasteiger partial charge in [-0.15, -0.1) is 0 Å². The average Bonchev–Trinajstić information content (AvgIpc) is 3.21. The molecule has 1 aliphatic carbocycles. The summed E-state index contributed by atoms with van der Waals surface area (Å²) in [4.78, 5) is 11.5. The highest BCUT2D eigenvalue weighted by atomic mass is 35.5. The molecule has 3 atom stereocenters. The van der Waals surface area contributed by atoms with Crippen molar-refractivity contribution in [2.24, 2.45) is 5.92 Å². The van der Waals surface area contributed by atoms with Crippen LogP contribution >= 0.6 is 11.6 Å². The van der Waals surface area contributed by atoms with Crippen molar-refractivity contribution in [1.29, 1.82) is 0 Å². The van der Waals surface area contributed by atoms with Crippen LogP contribution in [-0.2, 0) is 14.8 Å². The summed E-state index contributed by atoms with van der Waals surface area (Å²) >= 11 is 5.89. The number of halogens is 2. The first-order valence-corrected chi connectivity index (χ1v) is 12.8. The highest BCUT2D eigenvalue weighted by molar-refractivity contribution is 7.89. The van der Waals surface area contributed by atoms with E-state index in [1.807, 2.05) is 23.8 Å². The van der Waals surface area contributed by atoms with E-state index in [4.69, 9.17) is 16.3 Å². The van der Waals surface area contributed by atoms with Crippen LogP contribution in [0.5, 0.6) is 5.75 Å². The lowest BCUT2D eigenvalue weighted by molar-refractivity contribution is -0.121.